The van der Waals surface area contributed by atoms with E-state index < -0.39 is 0 Å². The molecule has 1 saturated carbocycles. The summed E-state index contributed by atoms with van der Waals surface area (Å²) in [7, 11) is 0. The molecule has 2 atom stereocenters. The van der Waals surface area contributed by atoms with Gasteiger partial charge in [-0.2, -0.15) is 0 Å². The van der Waals surface area contributed by atoms with E-state index >= 15 is 0 Å². The molecule has 1 aromatic carbocycles. The third-order valence-electron chi connectivity index (χ3n) is 4.01. The zero-order valence-electron chi connectivity index (χ0n) is 11.3. The van der Waals surface area contributed by atoms with Gasteiger partial charge in [-0.15, -0.1) is 0 Å². The zero-order chi connectivity index (χ0) is 12.8. The second-order valence-corrected chi connectivity index (χ2v) is 5.68. The smallest absolute Gasteiger partial charge is 0.126 e. The van der Waals surface area contributed by atoms with Gasteiger partial charge in [0.15, 0.2) is 0 Å². The summed E-state index contributed by atoms with van der Waals surface area (Å²) in [6, 6.07) is 7.06. The highest BCUT2D eigenvalue weighted by atomic mass is 19.1. The molecule has 0 saturated heterocycles. The Bertz CT molecular complexity index is 364. The van der Waals surface area contributed by atoms with Gasteiger partial charge in [-0.3, -0.25) is 0 Å². The molecule has 100 valence electrons. The van der Waals surface area contributed by atoms with E-state index in [-0.39, 0.29) is 5.82 Å². The number of nitrogens with one attached hydrogen (secondary N) is 1. The van der Waals surface area contributed by atoms with Crippen LogP contribution < -0.4 is 5.32 Å². The first-order chi connectivity index (χ1) is 8.75. The summed E-state index contributed by atoms with van der Waals surface area (Å²) in [6.45, 7) is 4.33. The van der Waals surface area contributed by atoms with Crippen LogP contribution in [-0.4, -0.2) is 13.1 Å². The molecule has 2 unspecified atom stereocenters. The predicted octanol–water partition coefficient (Wildman–Crippen LogP) is 3.78. The molecule has 0 radical (unpaired) electrons. The summed E-state index contributed by atoms with van der Waals surface area (Å²) >= 11 is 0. The molecular formula is C16H24FN. The Hall–Kier alpha value is -0.890. The van der Waals surface area contributed by atoms with Crippen LogP contribution in [0.1, 0.15) is 38.2 Å². The van der Waals surface area contributed by atoms with Crippen LogP contribution in [0.15, 0.2) is 24.3 Å². The quantitative estimate of drug-likeness (QED) is 0.783. The highest BCUT2D eigenvalue weighted by Gasteiger charge is 2.18. The first kappa shape index (κ1) is 13.5. The molecule has 1 aliphatic rings. The van der Waals surface area contributed by atoms with Gasteiger partial charge in [0.05, 0.1) is 0 Å². The zero-order valence-corrected chi connectivity index (χ0v) is 11.3. The van der Waals surface area contributed by atoms with Crippen molar-refractivity contribution in [2.75, 3.05) is 13.1 Å². The Labute approximate surface area is 110 Å². The van der Waals surface area contributed by atoms with Crippen LogP contribution >= 0.6 is 0 Å². The molecule has 18 heavy (non-hydrogen) atoms. The van der Waals surface area contributed by atoms with E-state index in [1.165, 1.54) is 31.7 Å². The molecular weight excluding hydrogens is 225 g/mol. The third kappa shape index (κ3) is 4.09. The lowest BCUT2D eigenvalue weighted by Gasteiger charge is -2.26. The van der Waals surface area contributed by atoms with Crippen molar-refractivity contribution in [3.63, 3.8) is 0 Å². The average molecular weight is 249 g/mol. The van der Waals surface area contributed by atoms with E-state index in [1.807, 2.05) is 12.1 Å². The molecule has 2 heteroatoms. The van der Waals surface area contributed by atoms with Crippen molar-refractivity contribution in [3.8, 4) is 0 Å². The van der Waals surface area contributed by atoms with E-state index in [0.717, 1.165) is 36.9 Å². The van der Waals surface area contributed by atoms with Crippen LogP contribution in [0.4, 0.5) is 4.39 Å². The monoisotopic (exact) mass is 249 g/mol. The Kier molecular flexibility index (Phi) is 5.18. The Morgan fingerprint density at radius 3 is 2.89 bits per heavy atom. The molecule has 0 amide bonds. The fraction of sp³-hybridized carbons (Fsp3) is 0.625. The molecule has 0 aromatic heterocycles. The maximum Gasteiger partial charge on any atom is 0.126 e. The SMILES string of the molecule is CC1CCCC(CNCCc2ccccc2F)C1. The summed E-state index contributed by atoms with van der Waals surface area (Å²) < 4.78 is 13.4. The van der Waals surface area contributed by atoms with Crippen molar-refractivity contribution in [2.24, 2.45) is 11.8 Å². The van der Waals surface area contributed by atoms with Gasteiger partial charge in [-0.1, -0.05) is 38.0 Å². The van der Waals surface area contributed by atoms with Crippen LogP contribution in [0.3, 0.4) is 0 Å². The minimum atomic E-state index is -0.0782. The maximum absolute atomic E-state index is 13.4. The van der Waals surface area contributed by atoms with Crippen molar-refractivity contribution in [3.05, 3.63) is 35.6 Å². The predicted molar refractivity (Wildman–Crippen MR) is 74.1 cm³/mol. The number of benzene rings is 1. The molecule has 1 N–H and O–H groups in total. The summed E-state index contributed by atoms with van der Waals surface area (Å²) in [5, 5.41) is 3.48. The molecule has 0 spiro atoms. The van der Waals surface area contributed by atoms with Gasteiger partial charge in [-0.25, -0.2) is 4.39 Å². The normalized spacial score (nSPS) is 24.1. The van der Waals surface area contributed by atoms with Crippen LogP contribution in [0.25, 0.3) is 0 Å². The first-order valence-electron chi connectivity index (χ1n) is 7.20. The van der Waals surface area contributed by atoms with Gasteiger partial charge in [0.2, 0.25) is 0 Å². The lowest BCUT2D eigenvalue weighted by Crippen LogP contribution is -2.28. The highest BCUT2D eigenvalue weighted by molar-refractivity contribution is 5.17. The van der Waals surface area contributed by atoms with Crippen molar-refractivity contribution in [1.82, 2.24) is 5.32 Å². The summed E-state index contributed by atoms with van der Waals surface area (Å²) in [5.74, 6) is 1.64. The van der Waals surface area contributed by atoms with Gasteiger partial charge >= 0.3 is 0 Å². The van der Waals surface area contributed by atoms with Gasteiger partial charge in [0.25, 0.3) is 0 Å². The molecule has 1 aliphatic carbocycles. The molecule has 0 heterocycles. The summed E-state index contributed by atoms with van der Waals surface area (Å²) in [4.78, 5) is 0. The number of rotatable bonds is 5. The second-order valence-electron chi connectivity index (χ2n) is 5.68. The summed E-state index contributed by atoms with van der Waals surface area (Å²) in [6.07, 6.45) is 6.27. The highest BCUT2D eigenvalue weighted by Crippen LogP contribution is 2.27. The van der Waals surface area contributed by atoms with Crippen LogP contribution in [0.5, 0.6) is 0 Å². The topological polar surface area (TPSA) is 12.0 Å². The number of hydrogen-bond donors (Lipinski definition) is 1. The number of hydrogen-bond acceptors (Lipinski definition) is 1. The lowest BCUT2D eigenvalue weighted by atomic mass is 9.82. The van der Waals surface area contributed by atoms with Gasteiger partial charge in [0.1, 0.15) is 5.82 Å². The van der Waals surface area contributed by atoms with Crippen LogP contribution in [0.2, 0.25) is 0 Å². The molecule has 1 aromatic rings. The Balaban J connectivity index is 1.65. The van der Waals surface area contributed by atoms with E-state index in [0.29, 0.717) is 0 Å². The van der Waals surface area contributed by atoms with Crippen LogP contribution in [-0.2, 0) is 6.42 Å². The first-order valence-corrected chi connectivity index (χ1v) is 7.20. The second kappa shape index (κ2) is 6.89. The standard InChI is InChI=1S/C16H24FN/c1-13-5-4-6-14(11-13)12-18-10-9-15-7-2-3-8-16(15)17/h2-3,7-8,13-14,18H,4-6,9-12H2,1H3. The largest absolute Gasteiger partial charge is 0.316 e. The van der Waals surface area contributed by atoms with E-state index in [4.69, 9.17) is 0 Å². The van der Waals surface area contributed by atoms with Crippen LogP contribution in [0, 0.1) is 17.7 Å². The van der Waals surface area contributed by atoms with Gasteiger partial charge < -0.3 is 5.32 Å². The molecule has 0 aliphatic heterocycles. The van der Waals surface area contributed by atoms with Crippen molar-refractivity contribution >= 4 is 0 Å². The number of halogens is 1. The summed E-state index contributed by atoms with van der Waals surface area (Å²) in [5.41, 5.74) is 0.821. The Morgan fingerprint density at radius 2 is 2.11 bits per heavy atom. The molecule has 1 nitrogen and oxygen atoms in total. The van der Waals surface area contributed by atoms with E-state index in [1.54, 1.807) is 6.07 Å². The lowest BCUT2D eigenvalue weighted by molar-refractivity contribution is 0.275. The van der Waals surface area contributed by atoms with Crippen molar-refractivity contribution in [2.45, 2.75) is 39.0 Å². The molecule has 0 bridgehead atoms. The Morgan fingerprint density at radius 1 is 1.28 bits per heavy atom. The maximum atomic E-state index is 13.4. The third-order valence-corrected chi connectivity index (χ3v) is 4.01. The van der Waals surface area contributed by atoms with Crippen molar-refractivity contribution in [1.29, 1.82) is 0 Å². The minimum Gasteiger partial charge on any atom is -0.316 e. The molecule has 1 fully saturated rings. The fourth-order valence-electron chi connectivity index (χ4n) is 2.98. The fourth-order valence-corrected chi connectivity index (χ4v) is 2.98. The average Bonchev–Trinajstić information content (AvgIpc) is 2.37. The van der Waals surface area contributed by atoms with E-state index in [9.17, 15) is 4.39 Å². The minimum absolute atomic E-state index is 0.0782. The van der Waals surface area contributed by atoms with Crippen molar-refractivity contribution < 1.29 is 4.39 Å². The molecule has 2 rings (SSSR count). The van der Waals surface area contributed by atoms with E-state index in [2.05, 4.69) is 12.2 Å². The van der Waals surface area contributed by atoms with Gasteiger partial charge in [0, 0.05) is 0 Å². The van der Waals surface area contributed by atoms with Gasteiger partial charge in [-0.05, 0) is 55.8 Å².